The van der Waals surface area contributed by atoms with E-state index in [1.54, 1.807) is 0 Å². The molecule has 0 aromatic heterocycles. The predicted octanol–water partition coefficient (Wildman–Crippen LogP) is -0.788. The second-order valence-electron chi connectivity index (χ2n) is 5.31. The van der Waals surface area contributed by atoms with Crippen LogP contribution in [0.5, 0.6) is 0 Å². The molecule has 8 heteroatoms. The van der Waals surface area contributed by atoms with Crippen molar-refractivity contribution in [3.8, 4) is 0 Å². The number of nitrogens with zero attached hydrogens (tertiary/aromatic N) is 2. The van der Waals surface area contributed by atoms with E-state index >= 15 is 0 Å². The van der Waals surface area contributed by atoms with Gasteiger partial charge in [0.05, 0.1) is 13.2 Å². The van der Waals surface area contributed by atoms with Crippen LogP contribution < -0.4 is 10.5 Å². The molecule has 120 valence electrons. The van der Waals surface area contributed by atoms with Crippen LogP contribution >= 0.6 is 0 Å². The molecule has 1 fully saturated rings. The first kappa shape index (κ1) is 17.8. The summed E-state index contributed by atoms with van der Waals surface area (Å²) in [6.07, 6.45) is 2.79. The van der Waals surface area contributed by atoms with E-state index in [4.69, 9.17) is 10.5 Å². The highest BCUT2D eigenvalue weighted by Gasteiger charge is 2.30. The Bertz CT molecular complexity index is 362. The molecule has 7 nitrogen and oxygen atoms in total. The summed E-state index contributed by atoms with van der Waals surface area (Å²) in [7, 11) is 0.500. The second kappa shape index (κ2) is 8.91. The molecule has 1 aliphatic heterocycles. The van der Waals surface area contributed by atoms with Gasteiger partial charge in [-0.1, -0.05) is 6.42 Å². The summed E-state index contributed by atoms with van der Waals surface area (Å²) in [5.74, 6) is 0. The number of hydrogen-bond acceptors (Lipinski definition) is 5. The van der Waals surface area contributed by atoms with Crippen molar-refractivity contribution in [2.75, 3.05) is 53.5 Å². The molecule has 1 rings (SSSR count). The van der Waals surface area contributed by atoms with Crippen LogP contribution in [0.1, 0.15) is 19.3 Å². The minimum absolute atomic E-state index is 0.0732. The number of piperidine rings is 1. The van der Waals surface area contributed by atoms with E-state index in [9.17, 15) is 8.42 Å². The van der Waals surface area contributed by atoms with Crippen molar-refractivity contribution in [3.05, 3.63) is 0 Å². The fourth-order valence-electron chi connectivity index (χ4n) is 2.20. The number of nitrogens with one attached hydrogen (secondary N) is 1. The van der Waals surface area contributed by atoms with Crippen LogP contribution in [-0.4, -0.2) is 77.2 Å². The first-order chi connectivity index (χ1) is 9.47. The molecule has 1 atom stereocenters. The monoisotopic (exact) mass is 308 g/mol. The van der Waals surface area contributed by atoms with Crippen molar-refractivity contribution in [1.29, 1.82) is 0 Å². The molecule has 0 spiro atoms. The molecule has 0 aromatic carbocycles. The molecule has 3 N–H and O–H groups in total. The van der Waals surface area contributed by atoms with Crippen molar-refractivity contribution in [2.45, 2.75) is 25.3 Å². The zero-order valence-electron chi connectivity index (χ0n) is 12.5. The number of hydrogen-bond donors (Lipinski definition) is 2. The summed E-state index contributed by atoms with van der Waals surface area (Å²) in [4.78, 5) is 2.02. The van der Waals surface area contributed by atoms with Crippen molar-refractivity contribution < 1.29 is 13.2 Å². The molecule has 0 radical (unpaired) electrons. The van der Waals surface area contributed by atoms with Gasteiger partial charge in [0.2, 0.25) is 0 Å². The van der Waals surface area contributed by atoms with Gasteiger partial charge in [-0.3, -0.25) is 0 Å². The van der Waals surface area contributed by atoms with Gasteiger partial charge >= 0.3 is 0 Å². The van der Waals surface area contributed by atoms with Crippen molar-refractivity contribution >= 4 is 10.2 Å². The fourth-order valence-corrected chi connectivity index (χ4v) is 3.66. The van der Waals surface area contributed by atoms with Crippen LogP contribution in [0.3, 0.4) is 0 Å². The Hall–Kier alpha value is -0.250. The molecule has 0 bridgehead atoms. The second-order valence-corrected chi connectivity index (χ2v) is 7.02. The Labute approximate surface area is 122 Å². The molecule has 1 heterocycles. The topological polar surface area (TPSA) is 87.9 Å². The lowest BCUT2D eigenvalue weighted by Gasteiger charge is -2.33. The molecule has 20 heavy (non-hydrogen) atoms. The van der Waals surface area contributed by atoms with Crippen LogP contribution in [0.25, 0.3) is 0 Å². The van der Waals surface area contributed by atoms with Gasteiger partial charge in [-0.25, -0.2) is 0 Å². The predicted molar refractivity (Wildman–Crippen MR) is 79.7 cm³/mol. The van der Waals surface area contributed by atoms with E-state index < -0.39 is 10.2 Å². The Morgan fingerprint density at radius 1 is 1.35 bits per heavy atom. The van der Waals surface area contributed by atoms with E-state index in [1.807, 2.05) is 19.0 Å². The van der Waals surface area contributed by atoms with Gasteiger partial charge in [0.25, 0.3) is 10.2 Å². The average Bonchev–Trinajstić information content (AvgIpc) is 2.42. The summed E-state index contributed by atoms with van der Waals surface area (Å²) in [5.41, 5.74) is 5.65. The SMILES string of the molecule is CN(C)CCOCCNS(=O)(=O)N1CCCCC1CN. The van der Waals surface area contributed by atoms with Gasteiger partial charge in [0.15, 0.2) is 0 Å². The van der Waals surface area contributed by atoms with Gasteiger partial charge in [-0.05, 0) is 26.9 Å². The van der Waals surface area contributed by atoms with Crippen LogP contribution in [-0.2, 0) is 14.9 Å². The van der Waals surface area contributed by atoms with Gasteiger partial charge in [-0.2, -0.15) is 17.4 Å². The largest absolute Gasteiger partial charge is 0.379 e. The first-order valence-corrected chi connectivity index (χ1v) is 8.60. The molecule has 0 saturated carbocycles. The standard InChI is InChI=1S/C12H28N4O3S/c1-15(2)8-10-19-9-6-14-20(17,18)16-7-4-3-5-12(16)11-13/h12,14H,3-11,13H2,1-2H3. The lowest BCUT2D eigenvalue weighted by molar-refractivity contribution is 0.121. The van der Waals surface area contributed by atoms with E-state index in [2.05, 4.69) is 4.72 Å². The van der Waals surface area contributed by atoms with Gasteiger partial charge in [-0.15, -0.1) is 0 Å². The summed E-state index contributed by atoms with van der Waals surface area (Å²) in [5, 5.41) is 0. The zero-order valence-corrected chi connectivity index (χ0v) is 13.4. The lowest BCUT2D eigenvalue weighted by Crippen LogP contribution is -2.52. The van der Waals surface area contributed by atoms with Gasteiger partial charge in [0.1, 0.15) is 0 Å². The fraction of sp³-hybridized carbons (Fsp3) is 1.00. The van der Waals surface area contributed by atoms with E-state index in [1.165, 1.54) is 4.31 Å². The Balaban J connectivity index is 2.30. The maximum absolute atomic E-state index is 12.2. The van der Waals surface area contributed by atoms with Crippen LogP contribution in [0, 0.1) is 0 Å². The Morgan fingerprint density at radius 3 is 2.75 bits per heavy atom. The van der Waals surface area contributed by atoms with Crippen LogP contribution in [0.15, 0.2) is 0 Å². The van der Waals surface area contributed by atoms with Gasteiger partial charge in [0, 0.05) is 32.2 Å². The minimum atomic E-state index is -3.44. The highest BCUT2D eigenvalue weighted by Crippen LogP contribution is 2.18. The third-order valence-corrected chi connectivity index (χ3v) is 5.03. The Kier molecular flexibility index (Phi) is 7.93. The van der Waals surface area contributed by atoms with E-state index in [-0.39, 0.29) is 6.04 Å². The molecular formula is C12H28N4O3S. The van der Waals surface area contributed by atoms with E-state index in [0.717, 1.165) is 25.8 Å². The molecule has 0 amide bonds. The minimum Gasteiger partial charge on any atom is -0.379 e. The zero-order chi connectivity index (χ0) is 15.0. The number of rotatable bonds is 9. The molecular weight excluding hydrogens is 280 g/mol. The maximum Gasteiger partial charge on any atom is 0.279 e. The quantitative estimate of drug-likeness (QED) is 0.545. The summed E-state index contributed by atoms with van der Waals surface area (Å²) >= 11 is 0. The number of nitrogens with two attached hydrogens (primary N) is 1. The van der Waals surface area contributed by atoms with Crippen molar-refractivity contribution in [3.63, 3.8) is 0 Å². The van der Waals surface area contributed by atoms with Crippen molar-refractivity contribution in [1.82, 2.24) is 13.9 Å². The molecule has 1 saturated heterocycles. The maximum atomic E-state index is 12.2. The van der Waals surface area contributed by atoms with Gasteiger partial charge < -0.3 is 15.4 Å². The molecule has 1 unspecified atom stereocenters. The van der Waals surface area contributed by atoms with Crippen molar-refractivity contribution in [2.24, 2.45) is 5.73 Å². The molecule has 0 aliphatic carbocycles. The summed E-state index contributed by atoms with van der Waals surface area (Å²) < 4.78 is 33.8. The number of ether oxygens (including phenoxy) is 1. The summed E-state index contributed by atoms with van der Waals surface area (Å²) in [6.45, 7) is 3.04. The Morgan fingerprint density at radius 2 is 2.10 bits per heavy atom. The molecule has 0 aromatic rings. The average molecular weight is 308 g/mol. The first-order valence-electron chi connectivity index (χ1n) is 7.16. The normalized spacial score (nSPS) is 21.5. The smallest absolute Gasteiger partial charge is 0.279 e. The lowest BCUT2D eigenvalue weighted by atomic mass is 10.1. The third kappa shape index (κ3) is 6.02. The van der Waals surface area contributed by atoms with E-state index in [0.29, 0.717) is 32.8 Å². The highest BCUT2D eigenvalue weighted by molar-refractivity contribution is 7.87. The highest BCUT2D eigenvalue weighted by atomic mass is 32.2. The van der Waals surface area contributed by atoms with Crippen LogP contribution in [0.2, 0.25) is 0 Å². The molecule has 1 aliphatic rings. The third-order valence-electron chi connectivity index (χ3n) is 3.37. The number of likely N-dealkylation sites (N-methyl/N-ethyl adjacent to an activating group) is 1. The summed E-state index contributed by atoms with van der Waals surface area (Å²) in [6, 6.07) is -0.0732. The van der Waals surface area contributed by atoms with Crippen LogP contribution in [0.4, 0.5) is 0 Å².